The van der Waals surface area contributed by atoms with Gasteiger partial charge in [0, 0.05) is 0 Å². The SMILES string of the molecule is O=CC(OCc1ccccc1)C(OCc1ccccc1)C(COC(c1ccccc1)(c1ccccc1)c1ccccc1)OCc1ccccc1. The smallest absolute Gasteiger partial charge is 0.151 e. The summed E-state index contributed by atoms with van der Waals surface area (Å²) in [6.07, 6.45) is -1.64. The van der Waals surface area contributed by atoms with E-state index in [1.165, 1.54) is 0 Å². The molecule has 5 heteroatoms. The Kier molecular flexibility index (Phi) is 12.5. The van der Waals surface area contributed by atoms with Gasteiger partial charge in [0.15, 0.2) is 6.29 Å². The van der Waals surface area contributed by atoms with Crippen LogP contribution in [0.2, 0.25) is 0 Å². The molecule has 0 fully saturated rings. The monoisotopic (exact) mass is 662 g/mol. The lowest BCUT2D eigenvalue weighted by Gasteiger charge is -2.39. The molecule has 0 aromatic heterocycles. The molecule has 50 heavy (non-hydrogen) atoms. The summed E-state index contributed by atoms with van der Waals surface area (Å²) < 4.78 is 26.9. The maximum atomic E-state index is 12.9. The van der Waals surface area contributed by atoms with Crippen LogP contribution >= 0.6 is 0 Å². The van der Waals surface area contributed by atoms with E-state index in [2.05, 4.69) is 36.4 Å². The van der Waals surface area contributed by atoms with Gasteiger partial charge >= 0.3 is 0 Å². The molecule has 0 aliphatic carbocycles. The second-order valence-corrected chi connectivity index (χ2v) is 12.1. The van der Waals surface area contributed by atoms with Gasteiger partial charge in [-0.15, -0.1) is 0 Å². The van der Waals surface area contributed by atoms with E-state index in [1.807, 2.05) is 146 Å². The van der Waals surface area contributed by atoms with Crippen molar-refractivity contribution < 1.29 is 23.7 Å². The van der Waals surface area contributed by atoms with Crippen molar-refractivity contribution >= 4 is 6.29 Å². The highest BCUT2D eigenvalue weighted by Crippen LogP contribution is 2.41. The predicted octanol–water partition coefficient (Wildman–Crippen LogP) is 8.95. The normalized spacial score (nSPS) is 13.3. The topological polar surface area (TPSA) is 54.0 Å². The van der Waals surface area contributed by atoms with Crippen LogP contribution in [0, 0.1) is 0 Å². The summed E-state index contributed by atoms with van der Waals surface area (Å²) in [4.78, 5) is 12.9. The number of rotatable bonds is 18. The van der Waals surface area contributed by atoms with Crippen LogP contribution in [-0.2, 0) is 49.2 Å². The summed E-state index contributed by atoms with van der Waals surface area (Å²) in [5.41, 5.74) is 4.82. The third kappa shape index (κ3) is 8.89. The minimum Gasteiger partial charge on any atom is -0.368 e. The lowest BCUT2D eigenvalue weighted by atomic mass is 9.80. The highest BCUT2D eigenvalue weighted by atomic mass is 16.6. The van der Waals surface area contributed by atoms with E-state index in [1.54, 1.807) is 0 Å². The van der Waals surface area contributed by atoms with Crippen molar-refractivity contribution in [2.45, 2.75) is 43.7 Å². The Bertz CT molecular complexity index is 1720. The van der Waals surface area contributed by atoms with Gasteiger partial charge in [-0.2, -0.15) is 0 Å². The Morgan fingerprint density at radius 3 is 1.16 bits per heavy atom. The average Bonchev–Trinajstić information content (AvgIpc) is 3.20. The Labute approximate surface area is 295 Å². The van der Waals surface area contributed by atoms with E-state index in [0.29, 0.717) is 6.61 Å². The van der Waals surface area contributed by atoms with Crippen LogP contribution in [0.1, 0.15) is 33.4 Å². The lowest BCUT2D eigenvalue weighted by Crippen LogP contribution is -2.47. The first-order valence-electron chi connectivity index (χ1n) is 17.0. The quantitative estimate of drug-likeness (QED) is 0.0680. The molecule has 0 amide bonds. The Morgan fingerprint density at radius 1 is 0.440 bits per heavy atom. The summed E-state index contributed by atoms with van der Waals surface area (Å²) in [5, 5.41) is 0. The molecule has 0 saturated heterocycles. The average molecular weight is 663 g/mol. The molecule has 3 unspecified atom stereocenters. The van der Waals surface area contributed by atoms with Crippen molar-refractivity contribution in [3.63, 3.8) is 0 Å². The number of hydrogen-bond donors (Lipinski definition) is 0. The van der Waals surface area contributed by atoms with Crippen molar-refractivity contribution in [2.24, 2.45) is 0 Å². The second-order valence-electron chi connectivity index (χ2n) is 12.1. The van der Waals surface area contributed by atoms with Crippen molar-refractivity contribution in [3.05, 3.63) is 215 Å². The van der Waals surface area contributed by atoms with Gasteiger partial charge in [-0.3, -0.25) is 0 Å². The maximum absolute atomic E-state index is 12.9. The van der Waals surface area contributed by atoms with Gasteiger partial charge in [0.2, 0.25) is 0 Å². The van der Waals surface area contributed by atoms with Crippen LogP contribution in [0.4, 0.5) is 0 Å². The lowest BCUT2D eigenvalue weighted by molar-refractivity contribution is -0.176. The summed E-state index contributed by atoms with van der Waals surface area (Å²) in [5.74, 6) is 0. The highest BCUT2D eigenvalue weighted by molar-refractivity contribution is 5.57. The number of carbonyl (C=O) groups excluding carboxylic acids is 1. The first-order valence-corrected chi connectivity index (χ1v) is 17.0. The zero-order valence-electron chi connectivity index (χ0n) is 28.0. The predicted molar refractivity (Wildman–Crippen MR) is 196 cm³/mol. The molecule has 6 rings (SSSR count). The first-order chi connectivity index (χ1) is 24.8. The van der Waals surface area contributed by atoms with Crippen molar-refractivity contribution in [2.75, 3.05) is 6.61 Å². The summed E-state index contributed by atoms with van der Waals surface area (Å²) in [7, 11) is 0. The molecule has 0 heterocycles. The van der Waals surface area contributed by atoms with Crippen LogP contribution < -0.4 is 0 Å². The van der Waals surface area contributed by atoms with Crippen LogP contribution in [0.5, 0.6) is 0 Å². The van der Waals surface area contributed by atoms with E-state index in [0.717, 1.165) is 39.7 Å². The number of benzene rings is 6. The Balaban J connectivity index is 1.40. The molecular formula is C45H42O5. The molecule has 0 aliphatic rings. The molecule has 0 radical (unpaired) electrons. The van der Waals surface area contributed by atoms with Crippen molar-refractivity contribution in [1.29, 1.82) is 0 Å². The van der Waals surface area contributed by atoms with Crippen LogP contribution in [0.15, 0.2) is 182 Å². The number of ether oxygens (including phenoxy) is 4. The van der Waals surface area contributed by atoms with Gasteiger partial charge in [0.05, 0.1) is 26.4 Å². The van der Waals surface area contributed by atoms with E-state index in [9.17, 15) is 4.79 Å². The summed E-state index contributed by atoms with van der Waals surface area (Å²) in [6, 6.07) is 60.3. The molecule has 252 valence electrons. The summed E-state index contributed by atoms with van der Waals surface area (Å²) >= 11 is 0. The number of carbonyl (C=O) groups is 1. The summed E-state index contributed by atoms with van der Waals surface area (Å²) in [6.45, 7) is 0.879. The fraction of sp³-hybridized carbons (Fsp3) is 0.178. The largest absolute Gasteiger partial charge is 0.368 e. The fourth-order valence-corrected chi connectivity index (χ4v) is 6.15. The maximum Gasteiger partial charge on any atom is 0.151 e. The third-order valence-electron chi connectivity index (χ3n) is 8.71. The molecule has 0 saturated carbocycles. The van der Waals surface area contributed by atoms with Gasteiger partial charge in [0.25, 0.3) is 0 Å². The number of aldehydes is 1. The Hall–Kier alpha value is -5.17. The fourth-order valence-electron chi connectivity index (χ4n) is 6.15. The van der Waals surface area contributed by atoms with Gasteiger partial charge in [-0.1, -0.05) is 182 Å². The van der Waals surface area contributed by atoms with E-state index < -0.39 is 23.9 Å². The second kappa shape index (κ2) is 18.0. The molecule has 0 aliphatic heterocycles. The van der Waals surface area contributed by atoms with Gasteiger partial charge in [-0.25, -0.2) is 0 Å². The Morgan fingerprint density at radius 2 is 0.780 bits per heavy atom. The molecule has 0 spiro atoms. The zero-order chi connectivity index (χ0) is 34.3. The van der Waals surface area contributed by atoms with Crippen LogP contribution in [-0.4, -0.2) is 31.2 Å². The van der Waals surface area contributed by atoms with Gasteiger partial charge in [0.1, 0.15) is 23.9 Å². The zero-order valence-corrected chi connectivity index (χ0v) is 28.0. The first kappa shape index (κ1) is 34.7. The van der Waals surface area contributed by atoms with Gasteiger partial charge in [-0.05, 0) is 33.4 Å². The molecule has 0 bridgehead atoms. The minimum atomic E-state index is -0.996. The van der Waals surface area contributed by atoms with Crippen LogP contribution in [0.3, 0.4) is 0 Å². The molecule has 0 N–H and O–H groups in total. The highest BCUT2D eigenvalue weighted by Gasteiger charge is 2.41. The van der Waals surface area contributed by atoms with E-state index in [4.69, 9.17) is 18.9 Å². The van der Waals surface area contributed by atoms with E-state index >= 15 is 0 Å². The third-order valence-corrected chi connectivity index (χ3v) is 8.71. The van der Waals surface area contributed by atoms with Crippen molar-refractivity contribution in [1.82, 2.24) is 0 Å². The molecule has 3 atom stereocenters. The standard InChI is InChI=1S/C45H42O5/c46-31-42(47-32-36-19-7-1-8-20-36)44(49-34-38-23-11-3-12-24-38)43(48-33-37-21-9-2-10-22-37)35-50-45(39-25-13-4-14-26-39,40-27-15-5-16-28-40)41-29-17-6-18-30-41/h1-31,42-44H,32-35H2. The number of hydrogen-bond acceptors (Lipinski definition) is 5. The molecule has 6 aromatic carbocycles. The minimum absolute atomic E-state index is 0.0873. The molecule has 6 aromatic rings. The van der Waals surface area contributed by atoms with E-state index in [-0.39, 0.29) is 19.8 Å². The van der Waals surface area contributed by atoms with Crippen molar-refractivity contribution in [3.8, 4) is 0 Å². The van der Waals surface area contributed by atoms with Crippen LogP contribution in [0.25, 0.3) is 0 Å². The molecule has 5 nitrogen and oxygen atoms in total. The molecular weight excluding hydrogens is 620 g/mol. The van der Waals surface area contributed by atoms with Gasteiger partial charge < -0.3 is 23.7 Å².